The molecule has 0 radical (unpaired) electrons. The van der Waals surface area contributed by atoms with Gasteiger partial charge in [-0.15, -0.1) is 0 Å². The summed E-state index contributed by atoms with van der Waals surface area (Å²) in [5.41, 5.74) is 1.58. The molecule has 3 aromatic rings. The summed E-state index contributed by atoms with van der Waals surface area (Å²) >= 11 is 0. The van der Waals surface area contributed by atoms with Crippen molar-refractivity contribution in [3.8, 4) is 11.5 Å². The van der Waals surface area contributed by atoms with Crippen LogP contribution in [0.3, 0.4) is 0 Å². The van der Waals surface area contributed by atoms with E-state index in [9.17, 15) is 14.7 Å². The number of ether oxygens (including phenoxy) is 2. The Labute approximate surface area is 183 Å². The van der Waals surface area contributed by atoms with Gasteiger partial charge in [0.2, 0.25) is 0 Å². The molecule has 1 atom stereocenters. The zero-order valence-corrected chi connectivity index (χ0v) is 17.0. The molecule has 1 unspecified atom stereocenters. The largest absolute Gasteiger partial charge is 0.507 e. The van der Waals surface area contributed by atoms with Crippen molar-refractivity contribution in [3.63, 3.8) is 0 Å². The van der Waals surface area contributed by atoms with E-state index in [4.69, 9.17) is 9.47 Å². The zero-order chi connectivity index (χ0) is 22.1. The van der Waals surface area contributed by atoms with Gasteiger partial charge < -0.3 is 19.5 Å². The van der Waals surface area contributed by atoms with Crippen molar-refractivity contribution >= 4 is 17.4 Å². The zero-order valence-electron chi connectivity index (χ0n) is 17.0. The van der Waals surface area contributed by atoms with Crippen LogP contribution in [0.15, 0.2) is 72.7 Å². The molecule has 2 aromatic heterocycles. The number of likely N-dealkylation sites (tertiary alicyclic amines) is 1. The van der Waals surface area contributed by atoms with Gasteiger partial charge in [0.05, 0.1) is 11.3 Å². The number of nitrogens with zero attached hydrogens (tertiary/aromatic N) is 3. The van der Waals surface area contributed by atoms with E-state index >= 15 is 0 Å². The molecule has 1 N–H and O–H groups in total. The predicted molar refractivity (Wildman–Crippen MR) is 114 cm³/mol. The molecule has 32 heavy (non-hydrogen) atoms. The highest BCUT2D eigenvalue weighted by atomic mass is 16.6. The molecule has 0 aliphatic carbocycles. The topological polar surface area (TPSA) is 102 Å². The third-order valence-electron chi connectivity index (χ3n) is 5.40. The number of pyridine rings is 2. The fourth-order valence-electron chi connectivity index (χ4n) is 3.92. The summed E-state index contributed by atoms with van der Waals surface area (Å²) in [5.74, 6) is -0.726. The highest BCUT2D eigenvalue weighted by Crippen LogP contribution is 2.41. The highest BCUT2D eigenvalue weighted by Gasteiger charge is 2.46. The van der Waals surface area contributed by atoms with Crippen LogP contribution in [0.25, 0.3) is 5.76 Å². The first-order valence-electron chi connectivity index (χ1n) is 10.1. The van der Waals surface area contributed by atoms with Gasteiger partial charge in [0.15, 0.2) is 11.5 Å². The van der Waals surface area contributed by atoms with Crippen LogP contribution in [0.2, 0.25) is 0 Å². The van der Waals surface area contributed by atoms with E-state index < -0.39 is 17.7 Å². The van der Waals surface area contributed by atoms with Crippen molar-refractivity contribution < 1.29 is 24.2 Å². The Morgan fingerprint density at radius 1 is 1.03 bits per heavy atom. The molecule has 0 spiro atoms. The average molecular weight is 429 g/mol. The molecular formula is C24H19N3O5. The summed E-state index contributed by atoms with van der Waals surface area (Å²) in [7, 11) is 0. The van der Waals surface area contributed by atoms with Crippen LogP contribution in [-0.4, -0.2) is 44.9 Å². The number of amides is 1. The van der Waals surface area contributed by atoms with Gasteiger partial charge in [-0.05, 0) is 42.0 Å². The molecule has 5 rings (SSSR count). The minimum Gasteiger partial charge on any atom is -0.507 e. The highest BCUT2D eigenvalue weighted by molar-refractivity contribution is 6.46. The number of ketones is 1. The number of rotatable bonds is 4. The standard InChI is InChI=1S/C24H19N3O5/c28-22(16-6-7-18-19(12-16)32-11-10-31-18)20-21(17-5-1-2-9-26-17)27(24(30)23(20)29)14-15-4-3-8-25-13-15/h1-9,12-13,21,28H,10-11,14H2/b22-20-. The number of aliphatic hydroxyl groups excluding tert-OH is 1. The van der Waals surface area contributed by atoms with E-state index in [1.165, 1.54) is 4.90 Å². The van der Waals surface area contributed by atoms with Crippen LogP contribution in [-0.2, 0) is 16.1 Å². The van der Waals surface area contributed by atoms with Gasteiger partial charge in [-0.1, -0.05) is 12.1 Å². The Balaban J connectivity index is 1.62. The van der Waals surface area contributed by atoms with Crippen molar-refractivity contribution in [2.45, 2.75) is 12.6 Å². The molecular weight excluding hydrogens is 410 g/mol. The molecule has 1 fully saturated rings. The average Bonchev–Trinajstić information content (AvgIpc) is 3.09. The molecule has 1 saturated heterocycles. The number of carbonyl (C=O) groups is 2. The van der Waals surface area contributed by atoms with E-state index in [1.807, 2.05) is 6.07 Å². The number of carbonyl (C=O) groups excluding carboxylic acids is 2. The molecule has 1 aromatic carbocycles. The van der Waals surface area contributed by atoms with Crippen LogP contribution in [0.4, 0.5) is 0 Å². The smallest absolute Gasteiger partial charge is 0.296 e. The van der Waals surface area contributed by atoms with Crippen molar-refractivity contribution in [1.29, 1.82) is 0 Å². The number of hydrogen-bond donors (Lipinski definition) is 1. The van der Waals surface area contributed by atoms with E-state index in [0.717, 1.165) is 5.56 Å². The van der Waals surface area contributed by atoms with Crippen LogP contribution >= 0.6 is 0 Å². The maximum Gasteiger partial charge on any atom is 0.296 e. The third-order valence-corrected chi connectivity index (χ3v) is 5.40. The van der Waals surface area contributed by atoms with Crippen LogP contribution in [0, 0.1) is 0 Å². The van der Waals surface area contributed by atoms with Gasteiger partial charge in [-0.25, -0.2) is 0 Å². The quantitative estimate of drug-likeness (QED) is 0.387. The maximum atomic E-state index is 13.1. The lowest BCUT2D eigenvalue weighted by Gasteiger charge is -2.24. The number of hydrogen-bond acceptors (Lipinski definition) is 7. The molecule has 0 bridgehead atoms. The number of aromatic nitrogens is 2. The van der Waals surface area contributed by atoms with Gasteiger partial charge in [-0.3, -0.25) is 19.6 Å². The first-order valence-corrected chi connectivity index (χ1v) is 10.1. The Morgan fingerprint density at radius 2 is 1.88 bits per heavy atom. The van der Waals surface area contributed by atoms with E-state index in [-0.39, 0.29) is 17.9 Å². The predicted octanol–water partition coefficient (Wildman–Crippen LogP) is 2.87. The van der Waals surface area contributed by atoms with Crippen LogP contribution in [0.1, 0.15) is 22.9 Å². The summed E-state index contributed by atoms with van der Waals surface area (Å²) in [6, 6.07) is 12.9. The SMILES string of the molecule is O=C1C(=O)N(Cc2cccnc2)C(c2ccccn2)/C1=C(/O)c1ccc2c(c1)OCCO2. The molecule has 8 nitrogen and oxygen atoms in total. The van der Waals surface area contributed by atoms with Crippen LogP contribution in [0.5, 0.6) is 11.5 Å². The molecule has 0 saturated carbocycles. The number of benzene rings is 1. The Kier molecular flexibility index (Phi) is 5.03. The summed E-state index contributed by atoms with van der Waals surface area (Å²) in [6.07, 6.45) is 4.86. The van der Waals surface area contributed by atoms with Gasteiger partial charge in [0, 0.05) is 30.7 Å². The van der Waals surface area contributed by atoms with Gasteiger partial charge in [-0.2, -0.15) is 0 Å². The number of aliphatic hydroxyl groups is 1. The molecule has 8 heteroatoms. The number of Topliss-reactive ketones (excluding diaryl/α,β-unsaturated/α-hetero) is 1. The monoisotopic (exact) mass is 429 g/mol. The van der Waals surface area contributed by atoms with Crippen LogP contribution < -0.4 is 9.47 Å². The summed E-state index contributed by atoms with van der Waals surface area (Å²) in [6.45, 7) is 0.982. The van der Waals surface area contributed by atoms with Gasteiger partial charge in [0.25, 0.3) is 11.7 Å². The fourth-order valence-corrected chi connectivity index (χ4v) is 3.92. The number of fused-ring (bicyclic) bond motifs is 1. The lowest BCUT2D eigenvalue weighted by Crippen LogP contribution is -2.29. The van der Waals surface area contributed by atoms with Gasteiger partial charge in [0.1, 0.15) is 25.0 Å². The Hall–Kier alpha value is -4.20. The van der Waals surface area contributed by atoms with Crippen molar-refractivity contribution in [3.05, 3.63) is 89.5 Å². The third kappa shape index (κ3) is 3.45. The Bertz CT molecular complexity index is 1210. The van der Waals surface area contributed by atoms with E-state index in [1.54, 1.807) is 61.1 Å². The first-order chi connectivity index (χ1) is 15.6. The van der Waals surface area contributed by atoms with Crippen molar-refractivity contribution in [2.24, 2.45) is 0 Å². The molecule has 2 aliphatic heterocycles. The molecule has 160 valence electrons. The van der Waals surface area contributed by atoms with E-state index in [2.05, 4.69) is 9.97 Å². The lowest BCUT2D eigenvalue weighted by atomic mass is 9.98. The minimum atomic E-state index is -0.843. The first kappa shape index (κ1) is 19.7. The Morgan fingerprint density at radius 3 is 2.62 bits per heavy atom. The second-order valence-corrected chi connectivity index (χ2v) is 7.40. The fraction of sp³-hybridized carbons (Fsp3) is 0.167. The summed E-state index contributed by atoms with van der Waals surface area (Å²) in [4.78, 5) is 36.0. The van der Waals surface area contributed by atoms with Crippen molar-refractivity contribution in [2.75, 3.05) is 13.2 Å². The summed E-state index contributed by atoms with van der Waals surface area (Å²) < 4.78 is 11.1. The second kappa shape index (κ2) is 8.14. The minimum absolute atomic E-state index is 0.0192. The summed E-state index contributed by atoms with van der Waals surface area (Å²) in [5, 5.41) is 11.2. The van der Waals surface area contributed by atoms with E-state index in [0.29, 0.717) is 36.0 Å². The molecule has 1 amide bonds. The molecule has 2 aliphatic rings. The second-order valence-electron chi connectivity index (χ2n) is 7.40. The normalized spacial score (nSPS) is 19.2. The maximum absolute atomic E-state index is 13.1. The lowest BCUT2D eigenvalue weighted by molar-refractivity contribution is -0.140. The van der Waals surface area contributed by atoms with Gasteiger partial charge >= 0.3 is 0 Å². The molecule has 4 heterocycles. The van der Waals surface area contributed by atoms with Crippen molar-refractivity contribution in [1.82, 2.24) is 14.9 Å².